The van der Waals surface area contributed by atoms with E-state index in [1.807, 2.05) is 26.8 Å². The number of alkyl carbamates (subject to hydrolysis) is 1. The van der Waals surface area contributed by atoms with Crippen LogP contribution in [0.25, 0.3) is 0 Å². The highest BCUT2D eigenvalue weighted by Crippen LogP contribution is 2.47. The molecule has 2 N–H and O–H groups in total. The van der Waals surface area contributed by atoms with Crippen LogP contribution in [0.3, 0.4) is 0 Å². The first-order chi connectivity index (χ1) is 23.9. The first-order valence-corrected chi connectivity index (χ1v) is 18.3. The van der Waals surface area contributed by atoms with Gasteiger partial charge in [0.1, 0.15) is 40.7 Å². The highest BCUT2D eigenvalue weighted by molar-refractivity contribution is 8.00. The van der Waals surface area contributed by atoms with E-state index in [0.717, 1.165) is 11.1 Å². The number of nitrogens with one attached hydrogen (secondary N) is 1. The second-order valence-electron chi connectivity index (χ2n) is 13.8. The number of epoxide rings is 1. The van der Waals surface area contributed by atoms with E-state index in [1.54, 1.807) is 45.2 Å². The fourth-order valence-electron chi connectivity index (χ4n) is 6.20. The summed E-state index contributed by atoms with van der Waals surface area (Å²) in [5, 5.41) is 14.6. The first kappa shape index (κ1) is 40.5. The number of ether oxygens (including phenoxy) is 5. The van der Waals surface area contributed by atoms with Gasteiger partial charge in [-0.25, -0.2) is 9.59 Å². The molecule has 4 rings (SSSR count). The van der Waals surface area contributed by atoms with E-state index in [1.165, 1.54) is 42.8 Å². The van der Waals surface area contributed by atoms with Crippen LogP contribution in [0.4, 0.5) is 10.5 Å². The van der Waals surface area contributed by atoms with Crippen molar-refractivity contribution in [3.05, 3.63) is 46.5 Å². The van der Waals surface area contributed by atoms with Crippen molar-refractivity contribution in [3.8, 4) is 5.75 Å². The summed E-state index contributed by atoms with van der Waals surface area (Å²) >= 11 is 8.20. The van der Waals surface area contributed by atoms with Crippen LogP contribution in [0.1, 0.15) is 59.4 Å². The summed E-state index contributed by atoms with van der Waals surface area (Å²) in [6.45, 7) is 9.16. The number of benzene rings is 1. The number of allylic oxidation sites excluding steroid dienone is 3. The minimum absolute atomic E-state index is 0.0329. The van der Waals surface area contributed by atoms with Crippen molar-refractivity contribution in [1.82, 2.24) is 10.2 Å². The van der Waals surface area contributed by atoms with Gasteiger partial charge in [0.25, 0.3) is 0 Å². The lowest BCUT2D eigenvalue weighted by Crippen LogP contribution is -2.62. The van der Waals surface area contributed by atoms with Crippen molar-refractivity contribution >= 4 is 52.9 Å². The molecule has 0 saturated carbocycles. The number of likely N-dealkylation sites (N-methyl/N-ethyl adjacent to an activating group) is 1. The number of carbonyl (C=O) groups excluding carboxylic acids is 4. The molecular weight excluding hydrogens is 702 g/mol. The van der Waals surface area contributed by atoms with Gasteiger partial charge < -0.3 is 38.6 Å². The van der Waals surface area contributed by atoms with Gasteiger partial charge in [-0.15, -0.1) is 11.8 Å². The van der Waals surface area contributed by atoms with E-state index in [-0.39, 0.29) is 41.2 Å². The predicted octanol–water partition coefficient (Wildman–Crippen LogP) is 4.41. The lowest BCUT2D eigenvalue weighted by Gasteiger charge is -2.40. The topological polar surface area (TPSA) is 156 Å². The molecule has 0 aliphatic carbocycles. The molecule has 0 spiro atoms. The number of rotatable bonds is 8. The molecule has 7 atom stereocenters. The Morgan fingerprint density at radius 1 is 1.24 bits per heavy atom. The van der Waals surface area contributed by atoms with E-state index in [2.05, 4.69) is 5.32 Å². The van der Waals surface area contributed by atoms with Crippen LogP contribution in [0.5, 0.6) is 5.75 Å². The third-order valence-electron chi connectivity index (χ3n) is 9.61. The molecule has 2 fully saturated rings. The second kappa shape index (κ2) is 16.6. The number of hydrogen-bond donors (Lipinski definition) is 2. The average Bonchev–Trinajstić information content (AvgIpc) is 3.72. The molecular formula is C36H50ClN3O10S. The standard InChI is InChI=1S/C36H50ClN3O10S/c1-20(2)51-19-31(42)39(6)22(4)33(43)49-28-17-30(41)40(7)25-14-23(15-26(46-8)32(25)37)13-21(3)11-10-12-27(47-9)36(45)18-24(48-34(44)38-36)16-29-35(28,5)50-29/h10-12,14-15,20,22,24,27-29,45H,13,16-19H2,1-9H3,(H,38,44)/b12-10+,21-11+/t22-,24?,27?,28?,29?,35?,36?/m0/s1. The molecule has 15 heteroatoms. The summed E-state index contributed by atoms with van der Waals surface area (Å²) in [4.78, 5) is 55.9. The minimum Gasteiger partial charge on any atom is -0.495 e. The normalized spacial score (nSPS) is 30.6. The molecule has 3 aliphatic heterocycles. The average molecular weight is 752 g/mol. The van der Waals surface area contributed by atoms with Gasteiger partial charge in [0.05, 0.1) is 31.1 Å². The Labute approximate surface area is 308 Å². The van der Waals surface area contributed by atoms with Gasteiger partial charge in [-0.05, 0) is 50.1 Å². The van der Waals surface area contributed by atoms with Gasteiger partial charge in [-0.3, -0.25) is 14.9 Å². The van der Waals surface area contributed by atoms with E-state index < -0.39 is 59.8 Å². The van der Waals surface area contributed by atoms with Gasteiger partial charge in [0, 0.05) is 34.0 Å². The zero-order valence-corrected chi connectivity index (χ0v) is 32.3. The molecule has 282 valence electrons. The maximum atomic E-state index is 14.0. The number of aliphatic hydroxyl groups is 1. The largest absolute Gasteiger partial charge is 0.495 e. The van der Waals surface area contributed by atoms with E-state index in [9.17, 15) is 24.3 Å². The molecule has 3 aliphatic rings. The van der Waals surface area contributed by atoms with Crippen LogP contribution in [-0.2, 0) is 39.8 Å². The molecule has 4 bridgehead atoms. The molecule has 0 radical (unpaired) electrons. The maximum Gasteiger partial charge on any atom is 0.409 e. The lowest BCUT2D eigenvalue weighted by molar-refractivity contribution is -0.161. The van der Waals surface area contributed by atoms with Crippen LogP contribution in [0, 0.1) is 0 Å². The smallest absolute Gasteiger partial charge is 0.409 e. The molecule has 6 unspecified atom stereocenters. The number of nitrogens with zero attached hydrogens (tertiary/aromatic N) is 2. The number of carbonyl (C=O) groups is 4. The number of fused-ring (bicyclic) bond motifs is 5. The van der Waals surface area contributed by atoms with Gasteiger partial charge in [-0.1, -0.05) is 49.2 Å². The van der Waals surface area contributed by atoms with Gasteiger partial charge in [0.2, 0.25) is 11.8 Å². The second-order valence-corrected chi connectivity index (χ2v) is 15.7. The zero-order valence-electron chi connectivity index (χ0n) is 30.7. The summed E-state index contributed by atoms with van der Waals surface area (Å²) in [7, 11) is 6.03. The Kier molecular flexibility index (Phi) is 13.2. The lowest BCUT2D eigenvalue weighted by atomic mass is 9.90. The number of hydrogen-bond acceptors (Lipinski definition) is 11. The third-order valence-corrected chi connectivity index (χ3v) is 11.1. The Balaban J connectivity index is 1.72. The van der Waals surface area contributed by atoms with Crippen LogP contribution in [0.15, 0.2) is 35.9 Å². The van der Waals surface area contributed by atoms with E-state index in [0.29, 0.717) is 17.9 Å². The summed E-state index contributed by atoms with van der Waals surface area (Å²) in [5.41, 5.74) is -0.835. The highest BCUT2D eigenvalue weighted by atomic mass is 35.5. The SMILES string of the molecule is COc1cc2cc(c1Cl)N(C)C(=O)CC(OC(=O)[C@H](C)N(C)C(=O)CSC(C)C)C1(C)OC1CC1CC(O)(NC(=O)O1)C(OC)/C=C/C=C(\C)C2. The number of esters is 1. The van der Waals surface area contributed by atoms with Crippen molar-refractivity contribution in [1.29, 1.82) is 0 Å². The van der Waals surface area contributed by atoms with E-state index in [4.69, 9.17) is 35.3 Å². The first-order valence-electron chi connectivity index (χ1n) is 16.9. The fraction of sp³-hybridized carbons (Fsp3) is 0.611. The zero-order chi connectivity index (χ0) is 37.8. The van der Waals surface area contributed by atoms with Crippen LogP contribution >= 0.6 is 23.4 Å². The number of anilines is 1. The highest BCUT2D eigenvalue weighted by Gasteiger charge is 2.61. The van der Waals surface area contributed by atoms with Crippen molar-refractivity contribution < 1.29 is 48.0 Å². The Bertz CT molecular complexity index is 1550. The monoisotopic (exact) mass is 751 g/mol. The third kappa shape index (κ3) is 9.58. The maximum absolute atomic E-state index is 14.0. The molecule has 3 heterocycles. The molecule has 3 amide bonds. The van der Waals surface area contributed by atoms with Crippen LogP contribution in [-0.4, -0.2) is 115 Å². The Morgan fingerprint density at radius 3 is 2.59 bits per heavy atom. The van der Waals surface area contributed by atoms with E-state index >= 15 is 0 Å². The van der Waals surface area contributed by atoms with Crippen molar-refractivity contribution in [3.63, 3.8) is 0 Å². The minimum atomic E-state index is -1.80. The van der Waals surface area contributed by atoms with Crippen molar-refractivity contribution in [2.75, 3.05) is 39.0 Å². The Hall–Kier alpha value is -3.30. The summed E-state index contributed by atoms with van der Waals surface area (Å²) in [5.74, 6) is -0.801. The number of thioether (sulfide) groups is 1. The van der Waals surface area contributed by atoms with Crippen LogP contribution < -0.4 is 15.0 Å². The molecule has 13 nitrogen and oxygen atoms in total. The number of methoxy groups -OCH3 is 2. The summed E-state index contributed by atoms with van der Waals surface area (Å²) < 4.78 is 28.9. The molecule has 2 saturated heterocycles. The molecule has 1 aromatic rings. The number of amides is 3. The Morgan fingerprint density at radius 2 is 1.94 bits per heavy atom. The van der Waals surface area contributed by atoms with Crippen LogP contribution in [0.2, 0.25) is 5.02 Å². The number of halogens is 1. The van der Waals surface area contributed by atoms with Gasteiger partial charge >= 0.3 is 12.1 Å². The van der Waals surface area contributed by atoms with Crippen molar-refractivity contribution in [2.45, 2.75) is 107 Å². The fourth-order valence-corrected chi connectivity index (χ4v) is 7.20. The summed E-state index contributed by atoms with van der Waals surface area (Å²) in [6.07, 6.45) is 1.24. The van der Waals surface area contributed by atoms with Gasteiger partial charge in [-0.2, -0.15) is 0 Å². The summed E-state index contributed by atoms with van der Waals surface area (Å²) in [6, 6.07) is 2.63. The van der Waals surface area contributed by atoms with Crippen molar-refractivity contribution in [2.24, 2.45) is 0 Å². The molecule has 1 aromatic carbocycles. The van der Waals surface area contributed by atoms with Gasteiger partial charge in [0.15, 0.2) is 5.72 Å². The quantitative estimate of drug-likeness (QED) is 0.287. The molecule has 51 heavy (non-hydrogen) atoms. The molecule has 0 aromatic heterocycles. The predicted molar refractivity (Wildman–Crippen MR) is 194 cm³/mol.